The van der Waals surface area contributed by atoms with Crippen LogP contribution in [-0.4, -0.2) is 10.1 Å². The van der Waals surface area contributed by atoms with Gasteiger partial charge in [-0.1, -0.05) is 12.1 Å². The predicted octanol–water partition coefficient (Wildman–Crippen LogP) is 2.52. The van der Waals surface area contributed by atoms with Crippen molar-refractivity contribution in [1.29, 1.82) is 0 Å². The smallest absolute Gasteiger partial charge is 0.147 e. The molecule has 0 aliphatic heterocycles. The summed E-state index contributed by atoms with van der Waals surface area (Å²) in [5, 5.41) is 8.76. The molecule has 2 nitrogen and oxygen atoms in total. The third kappa shape index (κ3) is 2.06. The fraction of sp³-hybridized carbons (Fsp3) is 0.0833. The molecule has 1 heterocycles. The van der Waals surface area contributed by atoms with E-state index in [-0.39, 0.29) is 11.5 Å². The van der Waals surface area contributed by atoms with Crippen LogP contribution in [0.2, 0.25) is 0 Å². The van der Waals surface area contributed by atoms with Crippen LogP contribution in [0.3, 0.4) is 0 Å². The van der Waals surface area contributed by atoms with Gasteiger partial charge in [-0.3, -0.25) is 4.98 Å². The highest BCUT2D eigenvalue weighted by Crippen LogP contribution is 2.20. The van der Waals surface area contributed by atoms with E-state index in [1.165, 1.54) is 24.4 Å². The topological polar surface area (TPSA) is 33.1 Å². The Bertz CT molecular complexity index is 497. The number of rotatable bonds is 2. The van der Waals surface area contributed by atoms with Gasteiger partial charge < -0.3 is 5.11 Å². The predicted molar refractivity (Wildman–Crippen MR) is 55.5 cm³/mol. The SMILES string of the molecule is OCc1ncc(-c2ccc(F)cc2)cc1F. The number of hydrogen-bond acceptors (Lipinski definition) is 2. The quantitative estimate of drug-likeness (QED) is 0.845. The fourth-order valence-electron chi connectivity index (χ4n) is 1.38. The molecule has 0 spiro atoms. The molecule has 0 fully saturated rings. The highest BCUT2D eigenvalue weighted by atomic mass is 19.1. The first kappa shape index (κ1) is 10.7. The second-order valence-corrected chi connectivity index (χ2v) is 3.32. The van der Waals surface area contributed by atoms with Gasteiger partial charge >= 0.3 is 0 Å². The lowest BCUT2D eigenvalue weighted by molar-refractivity contribution is 0.270. The second-order valence-electron chi connectivity index (χ2n) is 3.32. The van der Waals surface area contributed by atoms with Gasteiger partial charge in [0.25, 0.3) is 0 Å². The maximum absolute atomic E-state index is 13.3. The minimum absolute atomic E-state index is 0.00543. The van der Waals surface area contributed by atoms with Crippen LogP contribution < -0.4 is 0 Å². The molecule has 1 aromatic carbocycles. The van der Waals surface area contributed by atoms with Crippen LogP contribution >= 0.6 is 0 Å². The maximum atomic E-state index is 13.3. The van der Waals surface area contributed by atoms with Gasteiger partial charge in [-0.15, -0.1) is 0 Å². The van der Waals surface area contributed by atoms with E-state index in [4.69, 9.17) is 5.11 Å². The highest BCUT2D eigenvalue weighted by molar-refractivity contribution is 5.62. The Balaban J connectivity index is 2.41. The summed E-state index contributed by atoms with van der Waals surface area (Å²) in [5.41, 5.74) is 1.23. The number of halogens is 2. The number of nitrogens with zero attached hydrogens (tertiary/aromatic N) is 1. The van der Waals surface area contributed by atoms with Gasteiger partial charge in [0, 0.05) is 11.8 Å². The molecule has 0 bridgehead atoms. The van der Waals surface area contributed by atoms with Crippen LogP contribution in [-0.2, 0) is 6.61 Å². The molecule has 0 atom stereocenters. The molecular formula is C12H9F2NO. The zero-order valence-electron chi connectivity index (χ0n) is 8.32. The van der Waals surface area contributed by atoms with Gasteiger partial charge in [0.05, 0.1) is 6.61 Å². The summed E-state index contributed by atoms with van der Waals surface area (Å²) in [5.74, 6) is -0.909. The van der Waals surface area contributed by atoms with Crippen molar-refractivity contribution in [2.45, 2.75) is 6.61 Å². The largest absolute Gasteiger partial charge is 0.390 e. The molecule has 1 aromatic heterocycles. The Hall–Kier alpha value is -1.81. The van der Waals surface area contributed by atoms with E-state index in [1.54, 1.807) is 12.1 Å². The molecule has 0 aliphatic carbocycles. The number of aliphatic hydroxyl groups excluding tert-OH is 1. The van der Waals surface area contributed by atoms with Crippen molar-refractivity contribution in [2.24, 2.45) is 0 Å². The summed E-state index contributed by atoms with van der Waals surface area (Å²) in [6.07, 6.45) is 1.45. The summed E-state index contributed by atoms with van der Waals surface area (Å²) in [4.78, 5) is 3.78. The van der Waals surface area contributed by atoms with Gasteiger partial charge in [0.1, 0.15) is 17.3 Å². The molecule has 4 heteroatoms. The van der Waals surface area contributed by atoms with Gasteiger partial charge in [0.15, 0.2) is 0 Å². The molecule has 0 unspecified atom stereocenters. The van der Waals surface area contributed by atoms with Crippen LogP contribution in [0, 0.1) is 11.6 Å². The molecule has 0 saturated carbocycles. The molecule has 2 aromatic rings. The molecule has 0 aliphatic rings. The average molecular weight is 221 g/mol. The van der Waals surface area contributed by atoms with Crippen molar-refractivity contribution in [2.75, 3.05) is 0 Å². The summed E-state index contributed by atoms with van der Waals surface area (Å²) in [6.45, 7) is -0.435. The lowest BCUT2D eigenvalue weighted by atomic mass is 10.1. The zero-order valence-corrected chi connectivity index (χ0v) is 8.32. The molecule has 0 amide bonds. The average Bonchev–Trinajstić information content (AvgIpc) is 2.30. The Morgan fingerprint density at radius 1 is 1.06 bits per heavy atom. The van der Waals surface area contributed by atoms with Crippen LogP contribution in [0.25, 0.3) is 11.1 Å². The molecule has 0 saturated heterocycles. The molecular weight excluding hydrogens is 212 g/mol. The number of aliphatic hydroxyl groups is 1. The minimum Gasteiger partial charge on any atom is -0.390 e. The first-order chi connectivity index (χ1) is 7.70. The maximum Gasteiger partial charge on any atom is 0.147 e. The molecule has 82 valence electrons. The highest BCUT2D eigenvalue weighted by Gasteiger charge is 2.05. The number of pyridine rings is 1. The monoisotopic (exact) mass is 221 g/mol. The summed E-state index contributed by atoms with van der Waals surface area (Å²) in [6, 6.07) is 6.96. The van der Waals surface area contributed by atoms with Crippen molar-refractivity contribution in [1.82, 2.24) is 4.98 Å². The minimum atomic E-state index is -0.565. The van der Waals surface area contributed by atoms with E-state index in [1.807, 2.05) is 0 Å². The van der Waals surface area contributed by atoms with E-state index in [0.29, 0.717) is 11.1 Å². The van der Waals surface area contributed by atoms with Gasteiger partial charge in [-0.2, -0.15) is 0 Å². The summed E-state index contributed by atoms with van der Waals surface area (Å²) >= 11 is 0. The second kappa shape index (κ2) is 4.37. The normalized spacial score (nSPS) is 10.4. The lowest BCUT2D eigenvalue weighted by Crippen LogP contribution is -1.95. The first-order valence-corrected chi connectivity index (χ1v) is 4.72. The van der Waals surface area contributed by atoms with Crippen LogP contribution in [0.15, 0.2) is 36.5 Å². The van der Waals surface area contributed by atoms with Gasteiger partial charge in [0.2, 0.25) is 0 Å². The zero-order chi connectivity index (χ0) is 11.5. The third-order valence-electron chi connectivity index (χ3n) is 2.24. The number of hydrogen-bond donors (Lipinski definition) is 1. The van der Waals surface area contributed by atoms with Crippen molar-refractivity contribution in [3.63, 3.8) is 0 Å². The summed E-state index contributed by atoms with van der Waals surface area (Å²) < 4.78 is 26.0. The standard InChI is InChI=1S/C12H9F2NO/c13-10-3-1-8(2-4-10)9-5-11(14)12(7-16)15-6-9/h1-6,16H,7H2. The molecule has 1 N–H and O–H groups in total. The lowest BCUT2D eigenvalue weighted by Gasteiger charge is -2.03. The van der Waals surface area contributed by atoms with Gasteiger partial charge in [-0.25, -0.2) is 8.78 Å². The van der Waals surface area contributed by atoms with Crippen molar-refractivity contribution in [3.8, 4) is 11.1 Å². The Labute approximate surface area is 91.2 Å². The Kier molecular flexibility index (Phi) is 2.92. The van der Waals surface area contributed by atoms with E-state index in [9.17, 15) is 8.78 Å². The van der Waals surface area contributed by atoms with Crippen molar-refractivity contribution >= 4 is 0 Å². The Morgan fingerprint density at radius 3 is 2.31 bits per heavy atom. The number of benzene rings is 1. The van der Waals surface area contributed by atoms with E-state index < -0.39 is 12.4 Å². The van der Waals surface area contributed by atoms with Crippen LogP contribution in [0.1, 0.15) is 5.69 Å². The van der Waals surface area contributed by atoms with Crippen molar-refractivity contribution < 1.29 is 13.9 Å². The summed E-state index contributed by atoms with van der Waals surface area (Å²) in [7, 11) is 0. The van der Waals surface area contributed by atoms with E-state index >= 15 is 0 Å². The number of aromatic nitrogens is 1. The van der Waals surface area contributed by atoms with E-state index in [2.05, 4.69) is 4.98 Å². The van der Waals surface area contributed by atoms with Crippen LogP contribution in [0.4, 0.5) is 8.78 Å². The van der Waals surface area contributed by atoms with E-state index in [0.717, 1.165) is 0 Å². The first-order valence-electron chi connectivity index (χ1n) is 4.72. The third-order valence-corrected chi connectivity index (χ3v) is 2.24. The van der Waals surface area contributed by atoms with Crippen molar-refractivity contribution in [3.05, 3.63) is 53.9 Å². The van der Waals surface area contributed by atoms with Gasteiger partial charge in [-0.05, 0) is 23.8 Å². The van der Waals surface area contributed by atoms with Crippen LogP contribution in [0.5, 0.6) is 0 Å². The molecule has 2 rings (SSSR count). The fourth-order valence-corrected chi connectivity index (χ4v) is 1.38. The Morgan fingerprint density at radius 2 is 1.75 bits per heavy atom. The molecule has 0 radical (unpaired) electrons. The molecule has 16 heavy (non-hydrogen) atoms.